The first kappa shape index (κ1) is 25.0. The molecular weight excluding hydrogens is 342 g/mol. The molecule has 0 aliphatic carbocycles. The van der Waals surface area contributed by atoms with Gasteiger partial charge in [0, 0.05) is 26.2 Å². The van der Waals surface area contributed by atoms with E-state index in [9.17, 15) is 14.4 Å². The average Bonchev–Trinajstić information content (AvgIpc) is 2.62. The number of carbonyl (C=O) groups excluding carboxylic acids is 3. The molecular formula is C21H37N3O3. The third-order valence-electron chi connectivity index (χ3n) is 5.23. The van der Waals surface area contributed by atoms with Crippen molar-refractivity contribution in [3.8, 4) is 0 Å². The lowest BCUT2D eigenvalue weighted by atomic mass is 9.76. The van der Waals surface area contributed by atoms with Gasteiger partial charge in [-0.25, -0.2) is 0 Å². The van der Waals surface area contributed by atoms with Crippen LogP contribution in [0.4, 0.5) is 0 Å². The van der Waals surface area contributed by atoms with E-state index in [4.69, 9.17) is 5.41 Å². The number of hydrogen-bond acceptors (Lipinski definition) is 4. The summed E-state index contributed by atoms with van der Waals surface area (Å²) in [6.45, 7) is 15.4. The second kappa shape index (κ2) is 10.4. The maximum absolute atomic E-state index is 13.1. The molecule has 1 N–H and O–H groups in total. The van der Waals surface area contributed by atoms with E-state index in [1.807, 2.05) is 41.5 Å². The summed E-state index contributed by atoms with van der Waals surface area (Å²) in [6.07, 6.45) is 2.03. The lowest BCUT2D eigenvalue weighted by Gasteiger charge is -2.42. The minimum absolute atomic E-state index is 0.0101. The Balaban J connectivity index is 5.95. The van der Waals surface area contributed by atoms with Crippen LogP contribution < -0.4 is 0 Å². The van der Waals surface area contributed by atoms with E-state index >= 15 is 0 Å². The van der Waals surface area contributed by atoms with Gasteiger partial charge in [-0.2, -0.15) is 0 Å². The second-order valence-electron chi connectivity index (χ2n) is 8.10. The van der Waals surface area contributed by atoms with Crippen LogP contribution in [-0.4, -0.2) is 53.2 Å². The molecule has 0 aromatic carbocycles. The molecule has 154 valence electrons. The van der Waals surface area contributed by atoms with Crippen molar-refractivity contribution >= 4 is 23.8 Å². The highest BCUT2D eigenvalue weighted by atomic mass is 16.2. The van der Waals surface area contributed by atoms with Crippen LogP contribution in [0.2, 0.25) is 0 Å². The fourth-order valence-electron chi connectivity index (χ4n) is 3.02. The number of nitrogens with one attached hydrogen (secondary N) is 1. The van der Waals surface area contributed by atoms with Crippen LogP contribution in [0.1, 0.15) is 60.8 Å². The van der Waals surface area contributed by atoms with Crippen LogP contribution in [0.5, 0.6) is 0 Å². The summed E-state index contributed by atoms with van der Waals surface area (Å²) < 4.78 is 0. The summed E-state index contributed by atoms with van der Waals surface area (Å²) >= 11 is 0. The Hall–Kier alpha value is -1.98. The summed E-state index contributed by atoms with van der Waals surface area (Å²) in [7, 11) is 3.03. The van der Waals surface area contributed by atoms with Gasteiger partial charge in [-0.05, 0) is 30.6 Å². The van der Waals surface area contributed by atoms with Gasteiger partial charge in [0.2, 0.25) is 5.91 Å². The standard InChI is InChI=1S/C21H37N3O3/c1-10-11-18(26)23(8)17(7)20(27)24(9)21(13-25,12-14(2)3)19(22)16(6)15(4)5/h13-16,22H,7,10-12H2,1-6,8-9H3/t16-,21?/m1/s1. The van der Waals surface area contributed by atoms with Gasteiger partial charge in [-0.15, -0.1) is 0 Å². The van der Waals surface area contributed by atoms with Crippen molar-refractivity contribution in [2.75, 3.05) is 14.1 Å². The van der Waals surface area contributed by atoms with Gasteiger partial charge in [0.15, 0.2) is 6.29 Å². The van der Waals surface area contributed by atoms with Crippen molar-refractivity contribution in [3.05, 3.63) is 12.3 Å². The Morgan fingerprint density at radius 2 is 1.67 bits per heavy atom. The van der Waals surface area contributed by atoms with Gasteiger partial charge in [0.1, 0.15) is 11.2 Å². The molecule has 0 saturated carbocycles. The maximum atomic E-state index is 13.1. The summed E-state index contributed by atoms with van der Waals surface area (Å²) in [5.74, 6) is -0.634. The van der Waals surface area contributed by atoms with Crippen molar-refractivity contribution in [2.24, 2.45) is 17.8 Å². The zero-order valence-corrected chi connectivity index (χ0v) is 18.3. The van der Waals surface area contributed by atoms with Gasteiger partial charge in [0.25, 0.3) is 5.91 Å². The lowest BCUT2D eigenvalue weighted by molar-refractivity contribution is -0.138. The number of amides is 2. The molecule has 0 spiro atoms. The van der Waals surface area contributed by atoms with Crippen LogP contribution in [0.3, 0.4) is 0 Å². The molecule has 1 unspecified atom stereocenters. The third kappa shape index (κ3) is 5.75. The minimum Gasteiger partial charge on any atom is -0.323 e. The second-order valence-corrected chi connectivity index (χ2v) is 8.10. The first-order valence-electron chi connectivity index (χ1n) is 9.66. The molecule has 0 rings (SSSR count). The van der Waals surface area contributed by atoms with Gasteiger partial charge in [-0.3, -0.25) is 9.59 Å². The van der Waals surface area contributed by atoms with E-state index in [1.165, 1.54) is 23.9 Å². The molecule has 0 radical (unpaired) electrons. The van der Waals surface area contributed by atoms with Gasteiger partial charge >= 0.3 is 0 Å². The summed E-state index contributed by atoms with van der Waals surface area (Å²) in [6, 6.07) is 0. The van der Waals surface area contributed by atoms with Crippen LogP contribution >= 0.6 is 0 Å². The van der Waals surface area contributed by atoms with Gasteiger partial charge in [-0.1, -0.05) is 48.1 Å². The number of aldehydes is 1. The average molecular weight is 380 g/mol. The number of rotatable bonds is 11. The largest absolute Gasteiger partial charge is 0.323 e. The van der Waals surface area contributed by atoms with Crippen molar-refractivity contribution in [3.63, 3.8) is 0 Å². The normalized spacial score (nSPS) is 14.4. The van der Waals surface area contributed by atoms with Crippen LogP contribution in [0.25, 0.3) is 0 Å². The summed E-state index contributed by atoms with van der Waals surface area (Å²) in [5, 5.41) is 8.71. The Bertz CT molecular complexity index is 583. The van der Waals surface area contributed by atoms with E-state index in [0.29, 0.717) is 25.5 Å². The monoisotopic (exact) mass is 379 g/mol. The Morgan fingerprint density at radius 1 is 1.15 bits per heavy atom. The molecule has 0 aliphatic rings. The van der Waals surface area contributed by atoms with Crippen molar-refractivity contribution in [2.45, 2.75) is 66.3 Å². The lowest BCUT2D eigenvalue weighted by Crippen LogP contribution is -2.60. The molecule has 0 saturated heterocycles. The zero-order chi connectivity index (χ0) is 21.5. The highest BCUT2D eigenvalue weighted by Gasteiger charge is 2.45. The molecule has 0 fully saturated rings. The molecule has 2 amide bonds. The van der Waals surface area contributed by atoms with Crippen LogP contribution in [0, 0.1) is 23.2 Å². The SMILES string of the molecule is C=C(C(=O)N(C)C(C=O)(CC(C)C)C(=N)[C@H](C)C(C)C)N(C)C(=O)CCC. The first-order valence-corrected chi connectivity index (χ1v) is 9.66. The Kier molecular flexibility index (Phi) is 9.62. The topological polar surface area (TPSA) is 81.5 Å². The smallest absolute Gasteiger partial charge is 0.270 e. The van der Waals surface area contributed by atoms with Crippen molar-refractivity contribution < 1.29 is 14.4 Å². The van der Waals surface area contributed by atoms with Gasteiger partial charge in [0.05, 0.1) is 0 Å². The van der Waals surface area contributed by atoms with Gasteiger partial charge < -0.3 is 20.0 Å². The molecule has 6 nitrogen and oxygen atoms in total. The van der Waals surface area contributed by atoms with Crippen molar-refractivity contribution in [1.82, 2.24) is 9.80 Å². The molecule has 6 heteroatoms. The summed E-state index contributed by atoms with van der Waals surface area (Å²) in [4.78, 5) is 40.0. The van der Waals surface area contributed by atoms with E-state index in [0.717, 1.165) is 0 Å². The van der Waals surface area contributed by atoms with E-state index in [-0.39, 0.29) is 35.1 Å². The predicted octanol–water partition coefficient (Wildman–Crippen LogP) is 3.51. The van der Waals surface area contributed by atoms with Crippen LogP contribution in [0.15, 0.2) is 12.3 Å². The highest BCUT2D eigenvalue weighted by Crippen LogP contribution is 2.30. The van der Waals surface area contributed by atoms with E-state index in [2.05, 4.69) is 6.58 Å². The molecule has 0 aliphatic heterocycles. The first-order chi connectivity index (χ1) is 12.4. The molecule has 2 atom stereocenters. The van der Waals surface area contributed by atoms with Crippen molar-refractivity contribution in [1.29, 1.82) is 5.41 Å². The molecule has 0 aromatic heterocycles. The Labute approximate surface area is 164 Å². The predicted molar refractivity (Wildman–Crippen MR) is 110 cm³/mol. The maximum Gasteiger partial charge on any atom is 0.270 e. The highest BCUT2D eigenvalue weighted by molar-refractivity contribution is 6.10. The summed E-state index contributed by atoms with van der Waals surface area (Å²) in [5.41, 5.74) is -1.13. The number of hydrogen-bond donors (Lipinski definition) is 1. The molecule has 27 heavy (non-hydrogen) atoms. The number of nitrogens with zero attached hydrogens (tertiary/aromatic N) is 2. The fourth-order valence-corrected chi connectivity index (χ4v) is 3.02. The third-order valence-corrected chi connectivity index (χ3v) is 5.23. The Morgan fingerprint density at radius 3 is 2.04 bits per heavy atom. The van der Waals surface area contributed by atoms with E-state index < -0.39 is 11.4 Å². The fraction of sp³-hybridized carbons (Fsp3) is 0.714. The molecule has 0 bridgehead atoms. The molecule has 0 heterocycles. The quantitative estimate of drug-likeness (QED) is 0.339. The molecule has 0 aromatic rings. The number of likely N-dealkylation sites (N-methyl/N-ethyl adjacent to an activating group) is 2. The van der Waals surface area contributed by atoms with E-state index in [1.54, 1.807) is 0 Å². The zero-order valence-electron chi connectivity index (χ0n) is 18.3. The van der Waals surface area contributed by atoms with Crippen LogP contribution in [-0.2, 0) is 14.4 Å². The number of carbonyl (C=O) groups is 3. The minimum atomic E-state index is -1.35.